The molecule has 24 heavy (non-hydrogen) atoms. The molecule has 0 bridgehead atoms. The lowest BCUT2D eigenvalue weighted by molar-refractivity contribution is -0.118. The van der Waals surface area contributed by atoms with E-state index in [0.717, 1.165) is 26.3 Å². The number of rotatable bonds is 4. The van der Waals surface area contributed by atoms with E-state index < -0.39 is 0 Å². The molecule has 1 heterocycles. The molecule has 2 fully saturated rings. The number of carbonyl (C=O) groups excluding carboxylic acids is 1. The van der Waals surface area contributed by atoms with Gasteiger partial charge in [0.25, 0.3) is 0 Å². The van der Waals surface area contributed by atoms with Gasteiger partial charge in [0.15, 0.2) is 0 Å². The minimum absolute atomic E-state index is 0.0320. The van der Waals surface area contributed by atoms with E-state index in [-0.39, 0.29) is 11.4 Å². The number of benzene rings is 1. The number of nitrogens with zero attached hydrogens (tertiary/aromatic N) is 2. The Labute approximate surface area is 147 Å². The molecular weight excluding hydrogens is 326 g/mol. The van der Waals surface area contributed by atoms with Crippen molar-refractivity contribution in [2.24, 2.45) is 0 Å². The van der Waals surface area contributed by atoms with Crippen LogP contribution in [-0.2, 0) is 9.53 Å². The molecular formula is C18H22ClN3O2. The highest BCUT2D eigenvalue weighted by Crippen LogP contribution is 2.37. The van der Waals surface area contributed by atoms with Crippen LogP contribution < -0.4 is 5.32 Å². The molecule has 0 atom stereocenters. The van der Waals surface area contributed by atoms with Gasteiger partial charge in [0, 0.05) is 30.7 Å². The van der Waals surface area contributed by atoms with Crippen molar-refractivity contribution in [3.8, 4) is 6.07 Å². The Kier molecular flexibility index (Phi) is 5.40. The maximum absolute atomic E-state index is 12.2. The number of nitriles is 1. The summed E-state index contributed by atoms with van der Waals surface area (Å²) in [6.45, 7) is 3.18. The molecule has 1 saturated carbocycles. The second kappa shape index (κ2) is 7.52. The zero-order chi connectivity index (χ0) is 17.0. The first kappa shape index (κ1) is 17.2. The fourth-order valence-corrected chi connectivity index (χ4v) is 3.97. The largest absolute Gasteiger partial charge is 0.378 e. The number of morpholine rings is 1. The fourth-order valence-electron chi connectivity index (χ4n) is 3.75. The molecule has 2 aliphatic rings. The molecule has 1 aliphatic heterocycles. The van der Waals surface area contributed by atoms with Gasteiger partial charge in [-0.2, -0.15) is 5.26 Å². The summed E-state index contributed by atoms with van der Waals surface area (Å²) < 4.78 is 5.69. The maximum atomic E-state index is 12.2. The molecule has 1 aromatic carbocycles. The minimum atomic E-state index is -0.0320. The van der Waals surface area contributed by atoms with E-state index in [9.17, 15) is 4.79 Å². The van der Waals surface area contributed by atoms with Gasteiger partial charge in [-0.1, -0.05) is 24.4 Å². The van der Waals surface area contributed by atoms with Gasteiger partial charge in [-0.15, -0.1) is 0 Å². The Balaban J connectivity index is 1.55. The number of halogens is 1. The smallest absolute Gasteiger partial charge is 0.225 e. The summed E-state index contributed by atoms with van der Waals surface area (Å²) in [6.07, 6.45) is 5.27. The number of ether oxygens (including phenoxy) is 1. The number of carbonyl (C=O) groups is 1. The molecule has 128 valence electrons. The van der Waals surface area contributed by atoms with Crippen molar-refractivity contribution in [2.75, 3.05) is 31.6 Å². The first-order valence-corrected chi connectivity index (χ1v) is 8.83. The Morgan fingerprint density at radius 2 is 2.21 bits per heavy atom. The van der Waals surface area contributed by atoms with Gasteiger partial charge >= 0.3 is 0 Å². The number of anilines is 1. The average molecular weight is 348 g/mol. The predicted molar refractivity (Wildman–Crippen MR) is 93.0 cm³/mol. The highest BCUT2D eigenvalue weighted by molar-refractivity contribution is 6.32. The molecule has 6 heteroatoms. The molecule has 1 aromatic rings. The highest BCUT2D eigenvalue weighted by atomic mass is 35.5. The van der Waals surface area contributed by atoms with Gasteiger partial charge in [-0.05, 0) is 31.0 Å². The number of nitrogens with one attached hydrogen (secondary N) is 1. The van der Waals surface area contributed by atoms with E-state index in [1.54, 1.807) is 18.2 Å². The summed E-state index contributed by atoms with van der Waals surface area (Å²) in [5, 5.41) is 12.1. The van der Waals surface area contributed by atoms with Crippen molar-refractivity contribution < 1.29 is 9.53 Å². The highest BCUT2D eigenvalue weighted by Gasteiger charge is 2.41. The van der Waals surface area contributed by atoms with Crippen LogP contribution in [0.1, 0.15) is 37.7 Å². The summed E-state index contributed by atoms with van der Waals surface area (Å²) in [4.78, 5) is 14.7. The maximum Gasteiger partial charge on any atom is 0.225 e. The lowest BCUT2D eigenvalue weighted by atomic mass is 9.94. The van der Waals surface area contributed by atoms with E-state index >= 15 is 0 Å². The van der Waals surface area contributed by atoms with Gasteiger partial charge < -0.3 is 10.1 Å². The molecule has 3 rings (SSSR count). The lowest BCUT2D eigenvalue weighted by Crippen LogP contribution is -2.55. The van der Waals surface area contributed by atoms with Crippen molar-refractivity contribution in [3.63, 3.8) is 0 Å². The van der Waals surface area contributed by atoms with Crippen LogP contribution in [0.5, 0.6) is 0 Å². The van der Waals surface area contributed by atoms with E-state index in [1.807, 2.05) is 6.07 Å². The monoisotopic (exact) mass is 347 g/mol. The molecule has 1 N–H and O–H groups in total. The van der Waals surface area contributed by atoms with E-state index in [2.05, 4.69) is 10.2 Å². The van der Waals surface area contributed by atoms with E-state index in [1.165, 1.54) is 25.7 Å². The third kappa shape index (κ3) is 3.72. The van der Waals surface area contributed by atoms with Gasteiger partial charge in [0.1, 0.15) is 6.07 Å². The van der Waals surface area contributed by atoms with Crippen LogP contribution in [0.3, 0.4) is 0 Å². The molecule has 1 saturated heterocycles. The van der Waals surface area contributed by atoms with Crippen LogP contribution in [0.25, 0.3) is 0 Å². The summed E-state index contributed by atoms with van der Waals surface area (Å²) in [7, 11) is 0. The summed E-state index contributed by atoms with van der Waals surface area (Å²) >= 11 is 6.00. The molecule has 5 nitrogen and oxygen atoms in total. The second-order valence-corrected chi connectivity index (χ2v) is 6.98. The SMILES string of the molecule is N#Cc1ccc(NC(=O)CCN2CCOCC23CCCC3)cc1Cl. The molecule has 0 radical (unpaired) electrons. The number of amides is 1. The van der Waals surface area contributed by atoms with Crippen LogP contribution in [0, 0.1) is 11.3 Å². The van der Waals surface area contributed by atoms with Crippen molar-refractivity contribution >= 4 is 23.2 Å². The third-order valence-corrected chi connectivity index (χ3v) is 5.38. The predicted octanol–water partition coefficient (Wildman–Crippen LogP) is 3.19. The van der Waals surface area contributed by atoms with Gasteiger partial charge in [-0.3, -0.25) is 9.69 Å². The average Bonchev–Trinajstić information content (AvgIpc) is 3.03. The molecule has 1 aliphatic carbocycles. The Morgan fingerprint density at radius 1 is 1.42 bits per heavy atom. The third-order valence-electron chi connectivity index (χ3n) is 5.06. The van der Waals surface area contributed by atoms with Crippen LogP contribution >= 0.6 is 11.6 Å². The second-order valence-electron chi connectivity index (χ2n) is 6.58. The summed E-state index contributed by atoms with van der Waals surface area (Å²) in [6, 6.07) is 6.95. The normalized spacial score (nSPS) is 20.0. The van der Waals surface area contributed by atoms with Crippen molar-refractivity contribution in [1.29, 1.82) is 5.26 Å². The zero-order valence-electron chi connectivity index (χ0n) is 13.7. The Bertz CT molecular complexity index is 650. The molecule has 1 amide bonds. The topological polar surface area (TPSA) is 65.4 Å². The fraction of sp³-hybridized carbons (Fsp3) is 0.556. The minimum Gasteiger partial charge on any atom is -0.378 e. The number of hydrogen-bond donors (Lipinski definition) is 1. The van der Waals surface area contributed by atoms with Crippen LogP contribution in [0.4, 0.5) is 5.69 Å². The van der Waals surface area contributed by atoms with Crippen LogP contribution in [0.15, 0.2) is 18.2 Å². The van der Waals surface area contributed by atoms with Crippen LogP contribution in [0.2, 0.25) is 5.02 Å². The standard InChI is InChI=1S/C18H22ClN3O2/c19-16-11-15(4-3-14(16)12-20)21-17(23)5-8-22-9-10-24-13-18(22)6-1-2-7-18/h3-4,11H,1-2,5-10,13H2,(H,21,23). The molecule has 0 unspecified atom stereocenters. The van der Waals surface area contributed by atoms with Gasteiger partial charge in [0.05, 0.1) is 23.8 Å². The van der Waals surface area contributed by atoms with Crippen molar-refractivity contribution in [1.82, 2.24) is 4.90 Å². The first-order valence-electron chi connectivity index (χ1n) is 8.45. The van der Waals surface area contributed by atoms with Crippen molar-refractivity contribution in [2.45, 2.75) is 37.6 Å². The lowest BCUT2D eigenvalue weighted by Gasteiger charge is -2.44. The number of hydrogen-bond acceptors (Lipinski definition) is 4. The molecule has 0 aromatic heterocycles. The van der Waals surface area contributed by atoms with Crippen LogP contribution in [-0.4, -0.2) is 42.6 Å². The van der Waals surface area contributed by atoms with E-state index in [0.29, 0.717) is 22.7 Å². The quantitative estimate of drug-likeness (QED) is 0.908. The van der Waals surface area contributed by atoms with Crippen molar-refractivity contribution in [3.05, 3.63) is 28.8 Å². The Morgan fingerprint density at radius 3 is 2.92 bits per heavy atom. The first-order chi connectivity index (χ1) is 11.6. The van der Waals surface area contributed by atoms with E-state index in [4.69, 9.17) is 21.6 Å². The van der Waals surface area contributed by atoms with Gasteiger partial charge in [0.2, 0.25) is 5.91 Å². The summed E-state index contributed by atoms with van der Waals surface area (Å²) in [5.41, 5.74) is 1.18. The van der Waals surface area contributed by atoms with Gasteiger partial charge in [-0.25, -0.2) is 0 Å². The Hall–Kier alpha value is -1.61. The summed E-state index contributed by atoms with van der Waals surface area (Å²) in [5.74, 6) is -0.0320. The molecule has 1 spiro atoms. The zero-order valence-corrected chi connectivity index (χ0v) is 14.4.